The Labute approximate surface area is 259 Å². The average Bonchev–Trinajstić information content (AvgIpc) is 2.94. The Bertz CT molecular complexity index is 1050. The van der Waals surface area contributed by atoms with Gasteiger partial charge in [0.25, 0.3) is 0 Å². The molecule has 42 heavy (non-hydrogen) atoms. The second-order valence-corrected chi connectivity index (χ2v) is 22.6. The van der Waals surface area contributed by atoms with Crippen molar-refractivity contribution in [2.75, 3.05) is 6.61 Å². The SMILES string of the molecule is CCCC[C@@H](C)COC(=O)c1ccc(N=Nc2ccc(CCCCCCCCCC[Si](C)(C)O[Si](C)(C)C)cc2)cc1. The predicted molar refractivity (Wildman–Crippen MR) is 183 cm³/mol. The van der Waals surface area contributed by atoms with Crippen LogP contribution in [0, 0.1) is 5.92 Å². The first-order valence-corrected chi connectivity index (χ1v) is 23.0. The number of azo groups is 1. The van der Waals surface area contributed by atoms with E-state index in [1.165, 1.54) is 63.0 Å². The Morgan fingerprint density at radius 2 is 1.26 bits per heavy atom. The summed E-state index contributed by atoms with van der Waals surface area (Å²) in [6, 6.07) is 16.8. The molecular weight excluding hydrogens is 553 g/mol. The number of unbranched alkanes of at least 4 members (excludes halogenated alkanes) is 8. The third-order valence-electron chi connectivity index (χ3n) is 7.45. The van der Waals surface area contributed by atoms with Crippen LogP contribution in [0.25, 0.3) is 0 Å². The molecular formula is C35H58N2O3Si2. The molecule has 0 fully saturated rings. The van der Waals surface area contributed by atoms with Crippen LogP contribution in [0.4, 0.5) is 11.4 Å². The van der Waals surface area contributed by atoms with Crippen molar-refractivity contribution in [1.29, 1.82) is 0 Å². The third kappa shape index (κ3) is 16.5. The standard InChI is InChI=1S/C35H58N2O3Si2/c1-8-9-18-30(2)29-39-35(38)32-22-26-34(27-23-32)37-36-33-24-20-31(21-25-33)19-16-14-12-10-11-13-15-17-28-42(6,7)40-41(3,4)5/h20-27,30H,8-19,28-29H2,1-7H3/t30-/m1/s1. The van der Waals surface area contributed by atoms with Gasteiger partial charge in [-0.2, -0.15) is 10.2 Å². The molecule has 0 saturated carbocycles. The maximum atomic E-state index is 12.3. The monoisotopic (exact) mass is 610 g/mol. The van der Waals surface area contributed by atoms with Crippen molar-refractivity contribution in [2.24, 2.45) is 16.1 Å². The first kappa shape index (κ1) is 36.1. The highest BCUT2D eigenvalue weighted by molar-refractivity contribution is 6.84. The minimum absolute atomic E-state index is 0.280. The van der Waals surface area contributed by atoms with E-state index in [-0.39, 0.29) is 5.97 Å². The molecule has 2 aromatic rings. The molecule has 0 heterocycles. The summed E-state index contributed by atoms with van der Waals surface area (Å²) in [4.78, 5) is 12.3. The van der Waals surface area contributed by atoms with E-state index in [4.69, 9.17) is 8.85 Å². The first-order valence-electron chi connectivity index (χ1n) is 16.5. The number of aryl methyl sites for hydroxylation is 1. The van der Waals surface area contributed by atoms with Gasteiger partial charge in [0.2, 0.25) is 0 Å². The van der Waals surface area contributed by atoms with E-state index in [9.17, 15) is 4.79 Å². The van der Waals surface area contributed by atoms with Crippen LogP contribution in [0.3, 0.4) is 0 Å². The summed E-state index contributed by atoms with van der Waals surface area (Å²) in [5, 5.41) is 8.70. The van der Waals surface area contributed by atoms with Crippen molar-refractivity contribution in [3.8, 4) is 0 Å². The van der Waals surface area contributed by atoms with Gasteiger partial charge in [-0.1, -0.05) is 83.8 Å². The topological polar surface area (TPSA) is 60.2 Å². The lowest BCUT2D eigenvalue weighted by Crippen LogP contribution is -2.42. The number of nitrogens with zero attached hydrogens (tertiary/aromatic N) is 2. The largest absolute Gasteiger partial charge is 0.462 e. The van der Waals surface area contributed by atoms with Gasteiger partial charge in [-0.15, -0.1) is 0 Å². The number of esters is 1. The number of hydrogen-bond donors (Lipinski definition) is 0. The Morgan fingerprint density at radius 1 is 0.738 bits per heavy atom. The molecule has 1 atom stereocenters. The average molecular weight is 611 g/mol. The molecule has 0 bridgehead atoms. The zero-order valence-electron chi connectivity index (χ0n) is 27.7. The first-order chi connectivity index (χ1) is 20.0. The lowest BCUT2D eigenvalue weighted by molar-refractivity contribution is 0.0443. The Kier molecular flexibility index (Phi) is 16.5. The number of carbonyl (C=O) groups is 1. The molecule has 2 aromatic carbocycles. The van der Waals surface area contributed by atoms with Gasteiger partial charge in [-0.25, -0.2) is 4.79 Å². The molecule has 0 unspecified atom stereocenters. The van der Waals surface area contributed by atoms with Crippen LogP contribution in [0.2, 0.25) is 38.8 Å². The highest BCUT2D eigenvalue weighted by Crippen LogP contribution is 2.23. The molecule has 0 amide bonds. The normalized spacial score (nSPS) is 13.0. The second kappa shape index (κ2) is 19.2. The zero-order chi connectivity index (χ0) is 30.8. The summed E-state index contributed by atoms with van der Waals surface area (Å²) in [5.74, 6) is 0.107. The highest BCUT2D eigenvalue weighted by atomic mass is 28.4. The van der Waals surface area contributed by atoms with Crippen LogP contribution >= 0.6 is 0 Å². The van der Waals surface area contributed by atoms with Gasteiger partial charge in [0.1, 0.15) is 0 Å². The molecule has 0 aromatic heterocycles. The number of benzene rings is 2. The zero-order valence-corrected chi connectivity index (χ0v) is 29.7. The van der Waals surface area contributed by atoms with E-state index >= 15 is 0 Å². The van der Waals surface area contributed by atoms with Crippen molar-refractivity contribution < 1.29 is 13.6 Å². The van der Waals surface area contributed by atoms with Crippen molar-refractivity contribution in [1.82, 2.24) is 0 Å². The fraction of sp³-hybridized carbons (Fsp3) is 0.629. The molecule has 0 saturated heterocycles. The summed E-state index contributed by atoms with van der Waals surface area (Å²) in [5.41, 5.74) is 3.45. The number of carbonyl (C=O) groups excluding carboxylic acids is 1. The fourth-order valence-electron chi connectivity index (χ4n) is 5.27. The van der Waals surface area contributed by atoms with Crippen molar-refractivity contribution in [3.63, 3.8) is 0 Å². The molecule has 234 valence electrons. The predicted octanol–water partition coefficient (Wildman–Crippen LogP) is 11.8. The molecule has 0 N–H and O–H groups in total. The lowest BCUT2D eigenvalue weighted by Gasteiger charge is -2.31. The van der Waals surface area contributed by atoms with Gasteiger partial charge in [-0.3, -0.25) is 0 Å². The van der Waals surface area contributed by atoms with E-state index in [1.54, 1.807) is 12.1 Å². The summed E-state index contributed by atoms with van der Waals surface area (Å²) < 4.78 is 11.9. The molecule has 0 aliphatic carbocycles. The summed E-state index contributed by atoms with van der Waals surface area (Å²) in [7, 11) is -2.86. The maximum Gasteiger partial charge on any atom is 0.338 e. The van der Waals surface area contributed by atoms with Crippen molar-refractivity contribution in [3.05, 3.63) is 59.7 Å². The van der Waals surface area contributed by atoms with Crippen LogP contribution in [0.1, 0.15) is 100 Å². The summed E-state index contributed by atoms with van der Waals surface area (Å²) in [6.45, 7) is 16.5. The molecule has 0 aliphatic heterocycles. The van der Waals surface area contributed by atoms with E-state index in [2.05, 4.69) is 68.9 Å². The quantitative estimate of drug-likeness (QED) is 0.0611. The van der Waals surface area contributed by atoms with Crippen LogP contribution in [-0.2, 0) is 15.3 Å². The molecule has 0 aliphatic rings. The minimum Gasteiger partial charge on any atom is -0.462 e. The van der Waals surface area contributed by atoms with E-state index in [1.807, 2.05) is 24.3 Å². The molecule has 5 nitrogen and oxygen atoms in total. The second-order valence-electron chi connectivity index (χ2n) is 13.6. The Morgan fingerprint density at radius 3 is 1.81 bits per heavy atom. The Balaban J connectivity index is 1.59. The highest BCUT2D eigenvalue weighted by Gasteiger charge is 2.28. The molecule has 0 radical (unpaired) electrons. The fourth-order valence-corrected chi connectivity index (χ4v) is 13.4. The van der Waals surface area contributed by atoms with Gasteiger partial charge < -0.3 is 8.85 Å². The smallest absolute Gasteiger partial charge is 0.338 e. The van der Waals surface area contributed by atoms with Crippen LogP contribution in [0.15, 0.2) is 58.8 Å². The number of ether oxygens (including phenoxy) is 1. The van der Waals surface area contributed by atoms with E-state index < -0.39 is 16.6 Å². The summed E-state index contributed by atoms with van der Waals surface area (Å²) in [6.07, 6.45) is 15.2. The van der Waals surface area contributed by atoms with Gasteiger partial charge in [0.05, 0.1) is 23.5 Å². The molecule has 7 heteroatoms. The van der Waals surface area contributed by atoms with Crippen LogP contribution < -0.4 is 0 Å². The van der Waals surface area contributed by atoms with Crippen molar-refractivity contribution in [2.45, 2.75) is 130 Å². The molecule has 0 spiro atoms. The van der Waals surface area contributed by atoms with E-state index in [0.717, 1.165) is 31.4 Å². The summed E-state index contributed by atoms with van der Waals surface area (Å²) >= 11 is 0. The van der Waals surface area contributed by atoms with Gasteiger partial charge in [-0.05, 0) is 106 Å². The number of rotatable bonds is 21. The Hall–Kier alpha value is -2.10. The van der Waals surface area contributed by atoms with Crippen LogP contribution in [-0.4, -0.2) is 29.2 Å². The van der Waals surface area contributed by atoms with Crippen LogP contribution in [0.5, 0.6) is 0 Å². The van der Waals surface area contributed by atoms with Gasteiger partial charge >= 0.3 is 5.97 Å². The van der Waals surface area contributed by atoms with Gasteiger partial charge in [0, 0.05) is 0 Å². The van der Waals surface area contributed by atoms with E-state index in [0.29, 0.717) is 23.8 Å². The van der Waals surface area contributed by atoms with Crippen molar-refractivity contribution >= 4 is 34.0 Å². The lowest BCUT2D eigenvalue weighted by atomic mass is 10.0. The minimum atomic E-state index is -1.46. The number of hydrogen-bond acceptors (Lipinski definition) is 5. The maximum absolute atomic E-state index is 12.3. The van der Waals surface area contributed by atoms with Gasteiger partial charge in [0.15, 0.2) is 16.6 Å². The molecule has 2 rings (SSSR count). The third-order valence-corrected chi connectivity index (χ3v) is 13.7.